The van der Waals surface area contributed by atoms with Crippen LogP contribution in [0.3, 0.4) is 0 Å². The van der Waals surface area contributed by atoms with Crippen molar-refractivity contribution in [3.8, 4) is 11.1 Å². The first-order valence-corrected chi connectivity index (χ1v) is 10.5. The SMILES string of the molecule is C[C@H]1CCCC[C@]12NC(=O)N(CC(=O)OC1c3ccccc3-c3ccccc31)C2=O. The summed E-state index contributed by atoms with van der Waals surface area (Å²) >= 11 is 0. The molecule has 1 spiro atoms. The fourth-order valence-corrected chi connectivity index (χ4v) is 5.17. The molecule has 5 rings (SSSR count). The second-order valence-electron chi connectivity index (χ2n) is 8.48. The second kappa shape index (κ2) is 6.97. The molecule has 1 saturated heterocycles. The Morgan fingerprint density at radius 2 is 1.70 bits per heavy atom. The number of esters is 1. The van der Waals surface area contributed by atoms with Gasteiger partial charge >= 0.3 is 12.0 Å². The van der Waals surface area contributed by atoms with Gasteiger partial charge in [0.05, 0.1) is 0 Å². The smallest absolute Gasteiger partial charge is 0.327 e. The molecule has 0 aromatic heterocycles. The van der Waals surface area contributed by atoms with E-state index in [-0.39, 0.29) is 18.4 Å². The fraction of sp³-hybridized carbons (Fsp3) is 0.375. The quantitative estimate of drug-likeness (QED) is 0.624. The lowest BCUT2D eigenvalue weighted by Gasteiger charge is -2.36. The Morgan fingerprint density at radius 1 is 1.07 bits per heavy atom. The first-order chi connectivity index (χ1) is 14.5. The van der Waals surface area contributed by atoms with Crippen molar-refractivity contribution < 1.29 is 19.1 Å². The summed E-state index contributed by atoms with van der Waals surface area (Å²) in [6.45, 7) is 1.62. The number of amides is 3. The highest BCUT2D eigenvalue weighted by Gasteiger charge is 2.55. The number of carbonyl (C=O) groups excluding carboxylic acids is 3. The molecule has 2 atom stereocenters. The maximum Gasteiger partial charge on any atom is 0.327 e. The highest BCUT2D eigenvalue weighted by molar-refractivity contribution is 6.09. The molecule has 0 radical (unpaired) electrons. The fourth-order valence-electron chi connectivity index (χ4n) is 5.17. The molecule has 1 aliphatic heterocycles. The Kier molecular flexibility index (Phi) is 4.38. The third-order valence-corrected chi connectivity index (χ3v) is 6.81. The Bertz CT molecular complexity index is 1000. The van der Waals surface area contributed by atoms with Gasteiger partial charge in [0.25, 0.3) is 5.91 Å². The van der Waals surface area contributed by atoms with E-state index in [2.05, 4.69) is 5.32 Å². The largest absolute Gasteiger partial charge is 0.451 e. The van der Waals surface area contributed by atoms with E-state index in [4.69, 9.17) is 4.74 Å². The van der Waals surface area contributed by atoms with Crippen LogP contribution in [-0.2, 0) is 14.3 Å². The maximum atomic E-state index is 13.1. The first kappa shape index (κ1) is 18.9. The lowest BCUT2D eigenvalue weighted by Crippen LogP contribution is -2.54. The number of fused-ring (bicyclic) bond motifs is 3. The summed E-state index contributed by atoms with van der Waals surface area (Å²) in [6, 6.07) is 15.1. The molecule has 154 valence electrons. The van der Waals surface area contributed by atoms with Crippen LogP contribution in [0.5, 0.6) is 0 Å². The van der Waals surface area contributed by atoms with E-state index in [9.17, 15) is 14.4 Å². The number of nitrogens with one attached hydrogen (secondary N) is 1. The molecule has 3 aliphatic rings. The number of rotatable bonds is 3. The van der Waals surface area contributed by atoms with Crippen LogP contribution in [0.4, 0.5) is 4.79 Å². The van der Waals surface area contributed by atoms with E-state index in [1.165, 1.54) is 0 Å². The molecule has 2 aliphatic carbocycles. The second-order valence-corrected chi connectivity index (χ2v) is 8.48. The van der Waals surface area contributed by atoms with Gasteiger partial charge in [-0.1, -0.05) is 68.3 Å². The van der Waals surface area contributed by atoms with Gasteiger partial charge in [-0.05, 0) is 29.9 Å². The number of hydrogen-bond donors (Lipinski definition) is 1. The van der Waals surface area contributed by atoms with Gasteiger partial charge in [0.15, 0.2) is 6.10 Å². The van der Waals surface area contributed by atoms with E-state index in [0.29, 0.717) is 6.42 Å². The van der Waals surface area contributed by atoms with E-state index in [0.717, 1.165) is 46.4 Å². The molecule has 6 nitrogen and oxygen atoms in total. The number of carbonyl (C=O) groups is 3. The Labute approximate surface area is 175 Å². The van der Waals surface area contributed by atoms with Crippen LogP contribution < -0.4 is 5.32 Å². The van der Waals surface area contributed by atoms with Gasteiger partial charge in [-0.2, -0.15) is 0 Å². The van der Waals surface area contributed by atoms with Crippen LogP contribution in [-0.4, -0.2) is 34.9 Å². The molecule has 2 fully saturated rings. The summed E-state index contributed by atoms with van der Waals surface area (Å²) < 4.78 is 5.81. The van der Waals surface area contributed by atoms with Gasteiger partial charge in [0.1, 0.15) is 12.1 Å². The average Bonchev–Trinajstić information content (AvgIpc) is 3.18. The van der Waals surface area contributed by atoms with Crippen molar-refractivity contribution in [1.82, 2.24) is 10.2 Å². The van der Waals surface area contributed by atoms with Gasteiger partial charge in [-0.25, -0.2) is 4.79 Å². The standard InChI is InChI=1S/C24H24N2O4/c1-15-8-6-7-13-24(15)22(28)26(23(29)25-24)14-20(27)30-21-18-11-4-2-9-16(18)17-10-3-5-12-19(17)21/h2-5,9-12,15,21H,6-8,13-14H2,1H3,(H,25,29)/t15-,24-/m0/s1. The van der Waals surface area contributed by atoms with Crippen molar-refractivity contribution in [3.63, 3.8) is 0 Å². The number of hydrogen-bond acceptors (Lipinski definition) is 4. The van der Waals surface area contributed by atoms with E-state index in [1.807, 2.05) is 55.5 Å². The summed E-state index contributed by atoms with van der Waals surface area (Å²) in [5.41, 5.74) is 3.04. The molecular weight excluding hydrogens is 380 g/mol. The summed E-state index contributed by atoms with van der Waals surface area (Å²) in [7, 11) is 0. The predicted octanol–water partition coefficient (Wildman–Crippen LogP) is 3.80. The van der Waals surface area contributed by atoms with E-state index in [1.54, 1.807) is 0 Å². The van der Waals surface area contributed by atoms with Crippen LogP contribution in [0.1, 0.15) is 49.8 Å². The average molecular weight is 404 g/mol. The maximum absolute atomic E-state index is 13.1. The molecule has 1 saturated carbocycles. The molecule has 6 heteroatoms. The van der Waals surface area contributed by atoms with Crippen molar-refractivity contribution >= 4 is 17.9 Å². The van der Waals surface area contributed by atoms with Gasteiger partial charge in [0.2, 0.25) is 0 Å². The number of benzene rings is 2. The minimum atomic E-state index is -0.873. The molecule has 30 heavy (non-hydrogen) atoms. The zero-order valence-electron chi connectivity index (χ0n) is 16.9. The zero-order chi connectivity index (χ0) is 20.9. The molecule has 0 unspecified atom stereocenters. The van der Waals surface area contributed by atoms with Crippen LogP contribution >= 0.6 is 0 Å². The highest BCUT2D eigenvalue weighted by atomic mass is 16.5. The number of imide groups is 1. The van der Waals surface area contributed by atoms with Crippen LogP contribution in [0.2, 0.25) is 0 Å². The van der Waals surface area contributed by atoms with Gasteiger partial charge < -0.3 is 10.1 Å². The van der Waals surface area contributed by atoms with Crippen molar-refractivity contribution in [2.45, 2.75) is 44.2 Å². The lowest BCUT2D eigenvalue weighted by atomic mass is 9.73. The highest BCUT2D eigenvalue weighted by Crippen LogP contribution is 2.45. The predicted molar refractivity (Wildman–Crippen MR) is 110 cm³/mol. The normalized spacial score (nSPS) is 25.2. The van der Waals surface area contributed by atoms with E-state index >= 15 is 0 Å². The van der Waals surface area contributed by atoms with Crippen LogP contribution in [0, 0.1) is 5.92 Å². The van der Waals surface area contributed by atoms with Crippen LogP contribution in [0.25, 0.3) is 11.1 Å². The van der Waals surface area contributed by atoms with Crippen LogP contribution in [0.15, 0.2) is 48.5 Å². The van der Waals surface area contributed by atoms with Gasteiger partial charge in [0, 0.05) is 11.1 Å². The molecule has 3 amide bonds. The third kappa shape index (κ3) is 2.74. The summed E-state index contributed by atoms with van der Waals surface area (Å²) in [4.78, 5) is 39.5. The molecular formula is C24H24N2O4. The van der Waals surface area contributed by atoms with Gasteiger partial charge in [-0.15, -0.1) is 0 Å². The topological polar surface area (TPSA) is 75.7 Å². The molecule has 1 N–H and O–H groups in total. The van der Waals surface area contributed by atoms with E-state index < -0.39 is 23.6 Å². The monoisotopic (exact) mass is 404 g/mol. The molecule has 0 bridgehead atoms. The molecule has 2 aromatic rings. The van der Waals surface area contributed by atoms with Crippen molar-refractivity contribution in [2.24, 2.45) is 5.92 Å². The zero-order valence-corrected chi connectivity index (χ0v) is 16.9. The Balaban J connectivity index is 1.36. The summed E-state index contributed by atoms with van der Waals surface area (Å²) in [5.74, 6) is -0.836. The Morgan fingerprint density at radius 3 is 2.33 bits per heavy atom. The number of nitrogens with zero attached hydrogens (tertiary/aromatic N) is 1. The van der Waals surface area contributed by atoms with Crippen molar-refractivity contribution in [3.05, 3.63) is 59.7 Å². The van der Waals surface area contributed by atoms with Crippen molar-refractivity contribution in [1.29, 1.82) is 0 Å². The molecule has 1 heterocycles. The minimum Gasteiger partial charge on any atom is -0.451 e. The molecule has 2 aromatic carbocycles. The summed E-state index contributed by atoms with van der Waals surface area (Å²) in [6.07, 6.45) is 2.92. The van der Waals surface area contributed by atoms with Gasteiger partial charge in [-0.3, -0.25) is 14.5 Å². The minimum absolute atomic E-state index is 0.0531. The number of urea groups is 1. The third-order valence-electron chi connectivity index (χ3n) is 6.81. The number of ether oxygens (including phenoxy) is 1. The Hall–Kier alpha value is -3.15. The first-order valence-electron chi connectivity index (χ1n) is 10.5. The summed E-state index contributed by atoms with van der Waals surface area (Å²) in [5, 5.41) is 2.88. The lowest BCUT2D eigenvalue weighted by molar-refractivity contribution is -0.151. The van der Waals surface area contributed by atoms with Crippen molar-refractivity contribution in [2.75, 3.05) is 6.54 Å².